The molecule has 0 fully saturated rings. The van der Waals surface area contributed by atoms with Crippen molar-refractivity contribution in [2.75, 3.05) is 5.75 Å². The molecule has 4 nitrogen and oxygen atoms in total. The van der Waals surface area contributed by atoms with Gasteiger partial charge in [0.2, 0.25) is 0 Å². The van der Waals surface area contributed by atoms with Crippen molar-refractivity contribution in [1.82, 2.24) is 0 Å². The van der Waals surface area contributed by atoms with Crippen LogP contribution in [0.1, 0.15) is 12.8 Å². The Morgan fingerprint density at radius 1 is 1.55 bits per heavy atom. The summed E-state index contributed by atoms with van der Waals surface area (Å²) in [6.45, 7) is 0. The van der Waals surface area contributed by atoms with Crippen LogP contribution in [0.4, 0.5) is 0 Å². The minimum Gasteiger partial charge on any atom is -0.748 e. The van der Waals surface area contributed by atoms with Crippen LogP contribution in [0.5, 0.6) is 0 Å². The van der Waals surface area contributed by atoms with Crippen molar-refractivity contribution in [3.05, 3.63) is 0 Å². The summed E-state index contributed by atoms with van der Waals surface area (Å²) in [5.41, 5.74) is -1.05. The first kappa shape index (κ1) is 14.7. The van der Waals surface area contributed by atoms with Gasteiger partial charge in [0.25, 0.3) is 0 Å². The van der Waals surface area contributed by atoms with Crippen LogP contribution in [0.15, 0.2) is 0 Å². The Labute approximate surface area is 93.0 Å². The average molecular weight is 211 g/mol. The average Bonchev–Trinajstić information content (AvgIpc) is 1.59. The second kappa shape index (κ2) is 6.65. The van der Waals surface area contributed by atoms with E-state index in [-0.39, 0.29) is 42.4 Å². The smallest absolute Gasteiger partial charge is 0.748 e. The van der Waals surface area contributed by atoms with Crippen LogP contribution < -0.4 is 29.6 Å². The van der Waals surface area contributed by atoms with E-state index in [1.54, 1.807) is 0 Å². The van der Waals surface area contributed by atoms with Gasteiger partial charge < -0.3 is 9.66 Å². The maximum atomic E-state index is 9.93. The Morgan fingerprint density at radius 2 is 2.00 bits per heavy atom. The van der Waals surface area contributed by atoms with Crippen LogP contribution in [0.2, 0.25) is 0 Å². The van der Waals surface area contributed by atoms with Crippen molar-refractivity contribution >= 4 is 21.7 Å². The van der Waals surface area contributed by atoms with E-state index in [0.29, 0.717) is 0 Å². The standard InChI is InChI=1S/C4H9ClO4S.Na/c5-4(6)2-1-3-10(7,8)9;/h4,6H,1-3H2,(H,7,8,9);/q;+1/p-1. The van der Waals surface area contributed by atoms with Gasteiger partial charge >= 0.3 is 29.6 Å². The Balaban J connectivity index is 0. The van der Waals surface area contributed by atoms with Crippen molar-refractivity contribution in [1.29, 1.82) is 0 Å². The van der Waals surface area contributed by atoms with Gasteiger partial charge in [-0.3, -0.25) is 0 Å². The van der Waals surface area contributed by atoms with E-state index < -0.39 is 21.4 Å². The van der Waals surface area contributed by atoms with Gasteiger partial charge in [0.15, 0.2) is 0 Å². The Bertz CT molecular complexity index is 179. The predicted octanol–water partition coefficient (Wildman–Crippen LogP) is -3.13. The van der Waals surface area contributed by atoms with Crippen molar-refractivity contribution in [2.24, 2.45) is 0 Å². The zero-order valence-corrected chi connectivity index (χ0v) is 9.73. The summed E-state index contributed by atoms with van der Waals surface area (Å²) in [5, 5.41) is 8.42. The first-order valence-corrected chi connectivity index (χ1v) is 4.69. The minimum atomic E-state index is -4.14. The van der Waals surface area contributed by atoms with Gasteiger partial charge in [-0.2, -0.15) is 0 Å². The van der Waals surface area contributed by atoms with E-state index in [0.717, 1.165) is 0 Å². The number of aliphatic hydroxyl groups is 1. The molecule has 0 radical (unpaired) electrons. The number of hydrogen-bond acceptors (Lipinski definition) is 4. The van der Waals surface area contributed by atoms with Gasteiger partial charge in [0.05, 0.1) is 10.1 Å². The summed E-state index contributed by atoms with van der Waals surface area (Å²) in [7, 11) is -4.14. The van der Waals surface area contributed by atoms with Crippen LogP contribution in [-0.4, -0.2) is 29.4 Å². The molecule has 0 heterocycles. The van der Waals surface area contributed by atoms with E-state index >= 15 is 0 Å². The van der Waals surface area contributed by atoms with Crippen LogP contribution in [0.3, 0.4) is 0 Å². The summed E-state index contributed by atoms with van der Waals surface area (Å²) < 4.78 is 29.8. The van der Waals surface area contributed by atoms with Gasteiger partial charge in [-0.1, -0.05) is 11.6 Å². The molecular formula is C4H8ClNaO4S. The third-order valence-electron chi connectivity index (χ3n) is 0.837. The molecule has 1 unspecified atom stereocenters. The molecule has 0 aromatic heterocycles. The summed E-state index contributed by atoms with van der Waals surface area (Å²) in [6.07, 6.45) is 0.236. The number of halogens is 1. The van der Waals surface area contributed by atoms with Crippen molar-refractivity contribution in [3.8, 4) is 0 Å². The largest absolute Gasteiger partial charge is 1.00 e. The molecule has 11 heavy (non-hydrogen) atoms. The molecule has 0 aliphatic carbocycles. The number of hydrogen-bond donors (Lipinski definition) is 1. The molecule has 0 saturated heterocycles. The molecule has 0 aromatic rings. The molecule has 1 atom stereocenters. The van der Waals surface area contributed by atoms with Gasteiger partial charge in [0.1, 0.15) is 5.56 Å². The second-order valence-electron chi connectivity index (χ2n) is 1.84. The van der Waals surface area contributed by atoms with E-state index in [4.69, 9.17) is 16.7 Å². The van der Waals surface area contributed by atoms with E-state index in [1.807, 2.05) is 0 Å². The van der Waals surface area contributed by atoms with Gasteiger partial charge in [-0.15, -0.1) is 0 Å². The fourth-order valence-electron chi connectivity index (χ4n) is 0.429. The van der Waals surface area contributed by atoms with Crippen LogP contribution in [0.25, 0.3) is 0 Å². The molecular weight excluding hydrogens is 203 g/mol. The molecule has 0 amide bonds. The molecule has 0 aliphatic heterocycles. The molecule has 0 rings (SSSR count). The van der Waals surface area contributed by atoms with Crippen molar-refractivity contribution < 1.29 is 47.6 Å². The fraction of sp³-hybridized carbons (Fsp3) is 1.00. The molecule has 1 N–H and O–H groups in total. The first-order valence-electron chi connectivity index (χ1n) is 2.67. The van der Waals surface area contributed by atoms with E-state index in [9.17, 15) is 13.0 Å². The SMILES string of the molecule is O=S(=O)([O-])CCCC(O)Cl.[Na+]. The maximum Gasteiger partial charge on any atom is 1.00 e. The zero-order valence-electron chi connectivity index (χ0n) is 6.16. The van der Waals surface area contributed by atoms with Crippen molar-refractivity contribution in [3.63, 3.8) is 0 Å². The third kappa shape index (κ3) is 14.1. The van der Waals surface area contributed by atoms with E-state index in [1.165, 1.54) is 0 Å². The summed E-state index contributed by atoms with van der Waals surface area (Å²) >= 11 is 5.07. The molecule has 0 spiro atoms. The van der Waals surface area contributed by atoms with Crippen LogP contribution in [-0.2, 0) is 10.1 Å². The first-order chi connectivity index (χ1) is 4.42. The monoisotopic (exact) mass is 210 g/mol. The van der Waals surface area contributed by atoms with Gasteiger partial charge in [-0.05, 0) is 12.8 Å². The number of alkyl halides is 1. The van der Waals surface area contributed by atoms with Crippen molar-refractivity contribution in [2.45, 2.75) is 18.4 Å². The molecule has 7 heteroatoms. The summed E-state index contributed by atoms with van der Waals surface area (Å²) in [5.74, 6) is -0.462. The normalized spacial score (nSPS) is 13.7. The molecule has 0 bridgehead atoms. The number of rotatable bonds is 4. The third-order valence-corrected chi connectivity index (χ3v) is 1.84. The Kier molecular flexibility index (Phi) is 8.87. The summed E-state index contributed by atoms with van der Waals surface area (Å²) in [4.78, 5) is 0. The maximum absolute atomic E-state index is 9.93. The second-order valence-corrected chi connectivity index (χ2v) is 3.87. The Hall–Kier alpha value is 1.16. The van der Waals surface area contributed by atoms with Crippen LogP contribution >= 0.6 is 11.6 Å². The summed E-state index contributed by atoms with van der Waals surface area (Å²) in [6, 6.07) is 0. The zero-order chi connectivity index (χ0) is 8.20. The predicted molar refractivity (Wildman–Crippen MR) is 35.7 cm³/mol. The quantitative estimate of drug-likeness (QED) is 0.303. The fourth-order valence-corrected chi connectivity index (χ4v) is 1.10. The van der Waals surface area contributed by atoms with Gasteiger partial charge in [-0.25, -0.2) is 8.42 Å². The molecule has 0 saturated carbocycles. The van der Waals surface area contributed by atoms with Crippen LogP contribution in [0, 0.1) is 0 Å². The van der Waals surface area contributed by atoms with Gasteiger partial charge in [0, 0.05) is 5.75 Å². The van der Waals surface area contributed by atoms with E-state index in [2.05, 4.69) is 0 Å². The molecule has 0 aromatic carbocycles. The number of aliphatic hydroxyl groups excluding tert-OH is 1. The molecule has 0 aliphatic rings. The molecule has 62 valence electrons. The topological polar surface area (TPSA) is 77.4 Å². The minimum absolute atomic E-state index is 0. The Morgan fingerprint density at radius 3 is 2.27 bits per heavy atom.